The molecule has 0 saturated carbocycles. The third-order valence-corrected chi connectivity index (χ3v) is 3.58. The highest BCUT2D eigenvalue weighted by molar-refractivity contribution is 5.45. The van der Waals surface area contributed by atoms with E-state index in [1.807, 2.05) is 6.20 Å². The molecule has 3 heteroatoms. The minimum atomic E-state index is 0.693. The standard InChI is InChI=1S/C14H23N3/c1-3-4-13-5-6-14(11-16-13)17-9-7-12(15-2)8-10-17/h5-6,11-12,15H,3-4,7-10H2,1-2H3. The van der Waals surface area contributed by atoms with Crippen LogP contribution in [-0.2, 0) is 6.42 Å². The number of nitrogens with zero attached hydrogens (tertiary/aromatic N) is 2. The van der Waals surface area contributed by atoms with Crippen molar-refractivity contribution < 1.29 is 0 Å². The van der Waals surface area contributed by atoms with Gasteiger partial charge in [-0.25, -0.2) is 0 Å². The average Bonchev–Trinajstić information content (AvgIpc) is 2.40. The number of pyridine rings is 1. The van der Waals surface area contributed by atoms with Gasteiger partial charge < -0.3 is 10.2 Å². The van der Waals surface area contributed by atoms with Crippen LogP contribution in [0.5, 0.6) is 0 Å². The van der Waals surface area contributed by atoms with E-state index in [2.05, 4.69) is 41.3 Å². The summed E-state index contributed by atoms with van der Waals surface area (Å²) in [5, 5.41) is 3.36. The van der Waals surface area contributed by atoms with E-state index in [0.29, 0.717) is 6.04 Å². The Balaban J connectivity index is 1.94. The third-order valence-electron chi connectivity index (χ3n) is 3.58. The summed E-state index contributed by atoms with van der Waals surface area (Å²) in [6.07, 6.45) is 6.74. The Morgan fingerprint density at radius 3 is 2.65 bits per heavy atom. The number of piperidine rings is 1. The zero-order valence-corrected chi connectivity index (χ0v) is 10.9. The van der Waals surface area contributed by atoms with Crippen LogP contribution in [-0.4, -0.2) is 31.2 Å². The van der Waals surface area contributed by atoms with Crippen LogP contribution in [0.4, 0.5) is 5.69 Å². The minimum Gasteiger partial charge on any atom is -0.370 e. The van der Waals surface area contributed by atoms with Gasteiger partial charge in [-0.3, -0.25) is 4.98 Å². The van der Waals surface area contributed by atoms with E-state index in [9.17, 15) is 0 Å². The van der Waals surface area contributed by atoms with Gasteiger partial charge in [-0.1, -0.05) is 13.3 Å². The summed E-state index contributed by atoms with van der Waals surface area (Å²) in [5.74, 6) is 0. The molecule has 17 heavy (non-hydrogen) atoms. The molecule has 0 unspecified atom stereocenters. The molecule has 1 aliphatic rings. The maximum absolute atomic E-state index is 4.53. The van der Waals surface area contributed by atoms with Gasteiger partial charge in [-0.15, -0.1) is 0 Å². The maximum Gasteiger partial charge on any atom is 0.0552 e. The van der Waals surface area contributed by atoms with Crippen molar-refractivity contribution in [2.24, 2.45) is 0 Å². The van der Waals surface area contributed by atoms with Gasteiger partial charge in [0.1, 0.15) is 0 Å². The molecule has 0 amide bonds. The first-order valence-corrected chi connectivity index (χ1v) is 6.70. The van der Waals surface area contributed by atoms with E-state index in [1.54, 1.807) is 0 Å². The predicted octanol–water partition coefficient (Wildman–Crippen LogP) is 2.22. The second-order valence-corrected chi connectivity index (χ2v) is 4.81. The molecule has 0 radical (unpaired) electrons. The molecule has 1 N–H and O–H groups in total. The second kappa shape index (κ2) is 6.01. The molecule has 1 aromatic heterocycles. The van der Waals surface area contributed by atoms with E-state index in [4.69, 9.17) is 0 Å². The summed E-state index contributed by atoms with van der Waals surface area (Å²) in [5.41, 5.74) is 2.49. The molecular weight excluding hydrogens is 210 g/mol. The summed E-state index contributed by atoms with van der Waals surface area (Å²) in [7, 11) is 2.06. The molecule has 0 atom stereocenters. The lowest BCUT2D eigenvalue weighted by molar-refractivity contribution is 0.442. The number of hydrogen-bond donors (Lipinski definition) is 1. The van der Waals surface area contributed by atoms with Gasteiger partial charge in [0.2, 0.25) is 0 Å². The summed E-state index contributed by atoms with van der Waals surface area (Å²) in [6.45, 7) is 4.47. The summed E-state index contributed by atoms with van der Waals surface area (Å²) in [4.78, 5) is 6.97. The van der Waals surface area contributed by atoms with Gasteiger partial charge in [-0.2, -0.15) is 0 Å². The van der Waals surface area contributed by atoms with Crippen molar-refractivity contribution in [3.8, 4) is 0 Å². The van der Waals surface area contributed by atoms with E-state index in [1.165, 1.54) is 30.6 Å². The number of anilines is 1. The summed E-state index contributed by atoms with van der Waals surface area (Å²) < 4.78 is 0. The second-order valence-electron chi connectivity index (χ2n) is 4.81. The summed E-state index contributed by atoms with van der Waals surface area (Å²) in [6, 6.07) is 5.08. The maximum atomic E-state index is 4.53. The van der Waals surface area contributed by atoms with E-state index < -0.39 is 0 Å². The van der Waals surface area contributed by atoms with Crippen LogP contribution in [0.25, 0.3) is 0 Å². The quantitative estimate of drug-likeness (QED) is 0.864. The number of aryl methyl sites for hydroxylation is 1. The number of aromatic nitrogens is 1. The number of nitrogens with one attached hydrogen (secondary N) is 1. The minimum absolute atomic E-state index is 0.693. The third kappa shape index (κ3) is 3.19. The fourth-order valence-corrected chi connectivity index (χ4v) is 2.43. The lowest BCUT2D eigenvalue weighted by Crippen LogP contribution is -2.41. The molecule has 2 rings (SSSR count). The van der Waals surface area contributed by atoms with Crippen LogP contribution >= 0.6 is 0 Å². The van der Waals surface area contributed by atoms with E-state index in [-0.39, 0.29) is 0 Å². The molecule has 0 spiro atoms. The molecule has 3 nitrogen and oxygen atoms in total. The lowest BCUT2D eigenvalue weighted by atomic mass is 10.0. The van der Waals surface area contributed by atoms with Crippen molar-refractivity contribution in [3.05, 3.63) is 24.0 Å². The first-order chi connectivity index (χ1) is 8.33. The SMILES string of the molecule is CCCc1ccc(N2CCC(NC)CC2)cn1. The van der Waals surface area contributed by atoms with Crippen LogP contribution < -0.4 is 10.2 Å². The Hall–Kier alpha value is -1.09. The Morgan fingerprint density at radius 1 is 1.35 bits per heavy atom. The van der Waals surface area contributed by atoms with Crippen molar-refractivity contribution in [3.63, 3.8) is 0 Å². The highest BCUT2D eigenvalue weighted by Crippen LogP contribution is 2.19. The molecule has 1 saturated heterocycles. The van der Waals surface area contributed by atoms with Gasteiger partial charge >= 0.3 is 0 Å². The molecule has 1 aliphatic heterocycles. The first kappa shape index (κ1) is 12.4. The van der Waals surface area contributed by atoms with Crippen LogP contribution in [0.3, 0.4) is 0 Å². The van der Waals surface area contributed by atoms with Crippen LogP contribution in [0, 0.1) is 0 Å². The van der Waals surface area contributed by atoms with Gasteiger partial charge in [0.05, 0.1) is 11.9 Å². The number of rotatable bonds is 4. The van der Waals surface area contributed by atoms with Crippen LogP contribution in [0.1, 0.15) is 31.9 Å². The van der Waals surface area contributed by atoms with Gasteiger partial charge in [0.25, 0.3) is 0 Å². The zero-order chi connectivity index (χ0) is 12.1. The molecule has 94 valence electrons. The molecule has 0 aliphatic carbocycles. The van der Waals surface area contributed by atoms with Crippen molar-refractivity contribution in [1.82, 2.24) is 10.3 Å². The molecule has 0 aromatic carbocycles. The molecule has 1 aromatic rings. The fourth-order valence-electron chi connectivity index (χ4n) is 2.43. The first-order valence-electron chi connectivity index (χ1n) is 6.70. The van der Waals surface area contributed by atoms with Crippen LogP contribution in [0.2, 0.25) is 0 Å². The molecule has 1 fully saturated rings. The van der Waals surface area contributed by atoms with E-state index >= 15 is 0 Å². The van der Waals surface area contributed by atoms with Gasteiger partial charge in [-0.05, 0) is 38.4 Å². The molecular formula is C14H23N3. The van der Waals surface area contributed by atoms with Crippen molar-refractivity contribution in [1.29, 1.82) is 0 Å². The van der Waals surface area contributed by atoms with Crippen molar-refractivity contribution >= 4 is 5.69 Å². The van der Waals surface area contributed by atoms with Crippen LogP contribution in [0.15, 0.2) is 18.3 Å². The Labute approximate surface area is 104 Å². The number of hydrogen-bond acceptors (Lipinski definition) is 3. The molecule has 0 bridgehead atoms. The van der Waals surface area contributed by atoms with Gasteiger partial charge in [0, 0.05) is 24.8 Å². The predicted molar refractivity (Wildman–Crippen MR) is 72.5 cm³/mol. The topological polar surface area (TPSA) is 28.2 Å². The van der Waals surface area contributed by atoms with Gasteiger partial charge in [0.15, 0.2) is 0 Å². The lowest BCUT2D eigenvalue weighted by Gasteiger charge is -2.33. The Kier molecular flexibility index (Phi) is 4.37. The van der Waals surface area contributed by atoms with E-state index in [0.717, 1.165) is 19.5 Å². The summed E-state index contributed by atoms with van der Waals surface area (Å²) >= 11 is 0. The fraction of sp³-hybridized carbons (Fsp3) is 0.643. The smallest absolute Gasteiger partial charge is 0.0552 e. The monoisotopic (exact) mass is 233 g/mol. The largest absolute Gasteiger partial charge is 0.370 e. The average molecular weight is 233 g/mol. The highest BCUT2D eigenvalue weighted by atomic mass is 15.1. The van der Waals surface area contributed by atoms with Crippen molar-refractivity contribution in [2.45, 2.75) is 38.6 Å². The zero-order valence-electron chi connectivity index (χ0n) is 10.9. The molecule has 2 heterocycles. The highest BCUT2D eigenvalue weighted by Gasteiger charge is 2.17. The normalized spacial score (nSPS) is 17.4. The Morgan fingerprint density at radius 2 is 2.12 bits per heavy atom. The Bertz CT molecular complexity index is 326. The van der Waals surface area contributed by atoms with Crippen molar-refractivity contribution in [2.75, 3.05) is 25.0 Å².